The Kier molecular flexibility index (Phi) is 3.38. The van der Waals surface area contributed by atoms with Crippen LogP contribution in [-0.2, 0) is 0 Å². The normalized spacial score (nSPS) is 12.4. The number of hydrogen-bond acceptors (Lipinski definition) is 3. The number of anilines is 1. The number of thiazole rings is 1. The molecule has 15 heavy (non-hydrogen) atoms. The van der Waals surface area contributed by atoms with E-state index in [2.05, 4.69) is 33.2 Å². The predicted octanol–water partition coefficient (Wildman–Crippen LogP) is 4.08. The molecule has 0 aliphatic carbocycles. The molecule has 1 heterocycles. The van der Waals surface area contributed by atoms with Crippen molar-refractivity contribution in [2.24, 2.45) is 0 Å². The van der Waals surface area contributed by atoms with Gasteiger partial charge in [-0.25, -0.2) is 4.98 Å². The van der Waals surface area contributed by atoms with E-state index >= 15 is 0 Å². The number of nitrogens with one attached hydrogen (secondary N) is 1. The molecule has 0 aliphatic rings. The summed E-state index contributed by atoms with van der Waals surface area (Å²) in [6.07, 6.45) is 1.83. The largest absolute Gasteiger partial charge is 0.376 e. The van der Waals surface area contributed by atoms with Gasteiger partial charge in [-0.1, -0.05) is 15.9 Å². The topological polar surface area (TPSA) is 24.9 Å². The highest BCUT2D eigenvalue weighted by Crippen LogP contribution is 2.21. The van der Waals surface area contributed by atoms with Crippen LogP contribution in [0.15, 0.2) is 40.3 Å². The van der Waals surface area contributed by atoms with Crippen LogP contribution < -0.4 is 5.32 Å². The molecule has 0 radical (unpaired) electrons. The molecular formula is C11H11BrN2S. The molecule has 1 atom stereocenters. The van der Waals surface area contributed by atoms with Crippen LogP contribution in [0.3, 0.4) is 0 Å². The third-order valence-corrected chi connectivity index (χ3v) is 3.54. The van der Waals surface area contributed by atoms with Gasteiger partial charge in [-0.15, -0.1) is 11.3 Å². The Balaban J connectivity index is 2.06. The van der Waals surface area contributed by atoms with E-state index in [1.54, 1.807) is 11.3 Å². The minimum absolute atomic E-state index is 0.256. The first-order chi connectivity index (χ1) is 7.25. The second-order valence-corrected chi connectivity index (χ2v) is 5.09. The molecule has 0 saturated heterocycles. The van der Waals surface area contributed by atoms with Crippen molar-refractivity contribution >= 4 is 33.0 Å². The Morgan fingerprint density at radius 2 is 2.07 bits per heavy atom. The lowest BCUT2D eigenvalue weighted by Gasteiger charge is -2.12. The van der Waals surface area contributed by atoms with Crippen molar-refractivity contribution in [1.29, 1.82) is 0 Å². The summed E-state index contributed by atoms with van der Waals surface area (Å²) in [4.78, 5) is 4.28. The van der Waals surface area contributed by atoms with E-state index in [-0.39, 0.29) is 6.04 Å². The molecule has 0 bridgehead atoms. The summed E-state index contributed by atoms with van der Waals surface area (Å²) in [7, 11) is 0. The van der Waals surface area contributed by atoms with Gasteiger partial charge in [-0.05, 0) is 31.2 Å². The molecule has 2 nitrogen and oxygen atoms in total. The summed E-state index contributed by atoms with van der Waals surface area (Å²) < 4.78 is 1.09. The molecule has 0 fully saturated rings. The molecule has 2 rings (SSSR count). The first kappa shape index (κ1) is 10.6. The van der Waals surface area contributed by atoms with Gasteiger partial charge in [0.25, 0.3) is 0 Å². The van der Waals surface area contributed by atoms with Crippen molar-refractivity contribution < 1.29 is 0 Å². The van der Waals surface area contributed by atoms with Crippen LogP contribution >= 0.6 is 27.3 Å². The molecule has 1 N–H and O–H groups in total. The van der Waals surface area contributed by atoms with Gasteiger partial charge >= 0.3 is 0 Å². The fraction of sp³-hybridized carbons (Fsp3) is 0.182. The maximum atomic E-state index is 4.28. The monoisotopic (exact) mass is 282 g/mol. The second kappa shape index (κ2) is 4.77. The van der Waals surface area contributed by atoms with Gasteiger partial charge in [-0.3, -0.25) is 0 Å². The van der Waals surface area contributed by atoms with Crippen molar-refractivity contribution in [3.8, 4) is 0 Å². The molecule has 0 aliphatic heterocycles. The highest BCUT2D eigenvalue weighted by molar-refractivity contribution is 9.10. The SMILES string of the molecule is C[C@@H](Nc1ccc(Br)cc1)c1nccs1. The lowest BCUT2D eigenvalue weighted by molar-refractivity contribution is 0.870. The smallest absolute Gasteiger partial charge is 0.115 e. The molecule has 1 aromatic heterocycles. The van der Waals surface area contributed by atoms with Gasteiger partial charge in [0.05, 0.1) is 6.04 Å². The van der Waals surface area contributed by atoms with E-state index in [4.69, 9.17) is 0 Å². The fourth-order valence-electron chi connectivity index (χ4n) is 1.31. The zero-order valence-electron chi connectivity index (χ0n) is 8.27. The van der Waals surface area contributed by atoms with Crippen LogP contribution in [0.5, 0.6) is 0 Å². The average molecular weight is 283 g/mol. The number of nitrogens with zero attached hydrogens (tertiary/aromatic N) is 1. The molecule has 2 aromatic rings. The summed E-state index contributed by atoms with van der Waals surface area (Å²) in [6, 6.07) is 8.40. The zero-order chi connectivity index (χ0) is 10.7. The minimum Gasteiger partial charge on any atom is -0.376 e. The van der Waals surface area contributed by atoms with Crippen molar-refractivity contribution in [2.45, 2.75) is 13.0 Å². The second-order valence-electron chi connectivity index (χ2n) is 3.24. The lowest BCUT2D eigenvalue weighted by Crippen LogP contribution is -2.05. The summed E-state index contributed by atoms with van der Waals surface area (Å²) in [5.41, 5.74) is 1.11. The number of hydrogen-bond donors (Lipinski definition) is 1. The standard InChI is InChI=1S/C11H11BrN2S/c1-8(11-13-6-7-15-11)14-10-4-2-9(12)3-5-10/h2-8,14H,1H3/t8-/m1/s1. The highest BCUT2D eigenvalue weighted by Gasteiger charge is 2.06. The maximum Gasteiger partial charge on any atom is 0.115 e. The molecule has 0 amide bonds. The lowest BCUT2D eigenvalue weighted by atomic mass is 10.3. The molecule has 4 heteroatoms. The van der Waals surface area contributed by atoms with E-state index in [0.29, 0.717) is 0 Å². The average Bonchev–Trinajstić information content (AvgIpc) is 2.74. The Morgan fingerprint density at radius 1 is 1.33 bits per heavy atom. The first-order valence-electron chi connectivity index (χ1n) is 4.67. The molecule has 1 aromatic carbocycles. The van der Waals surface area contributed by atoms with E-state index in [9.17, 15) is 0 Å². The molecular weight excluding hydrogens is 272 g/mol. The molecule has 0 saturated carbocycles. The van der Waals surface area contributed by atoms with Crippen LogP contribution in [-0.4, -0.2) is 4.98 Å². The van der Waals surface area contributed by atoms with Crippen molar-refractivity contribution in [3.63, 3.8) is 0 Å². The van der Waals surface area contributed by atoms with Crippen LogP contribution in [0.4, 0.5) is 5.69 Å². The summed E-state index contributed by atoms with van der Waals surface area (Å²) in [5.74, 6) is 0. The Hall–Kier alpha value is -0.870. The number of aromatic nitrogens is 1. The van der Waals surface area contributed by atoms with Gasteiger partial charge in [0.2, 0.25) is 0 Å². The number of rotatable bonds is 3. The molecule has 0 unspecified atom stereocenters. The summed E-state index contributed by atoms with van der Waals surface area (Å²) in [5, 5.41) is 6.50. The Morgan fingerprint density at radius 3 is 2.67 bits per heavy atom. The van der Waals surface area contributed by atoms with Gasteiger partial charge in [0, 0.05) is 21.7 Å². The van der Waals surface area contributed by atoms with Gasteiger partial charge in [0.15, 0.2) is 0 Å². The van der Waals surface area contributed by atoms with Crippen LogP contribution in [0.25, 0.3) is 0 Å². The Labute approximate surface area is 101 Å². The van der Waals surface area contributed by atoms with E-state index < -0.39 is 0 Å². The summed E-state index contributed by atoms with van der Waals surface area (Å²) >= 11 is 5.08. The van der Waals surface area contributed by atoms with Crippen LogP contribution in [0, 0.1) is 0 Å². The third kappa shape index (κ3) is 2.79. The van der Waals surface area contributed by atoms with Gasteiger partial charge in [-0.2, -0.15) is 0 Å². The van der Waals surface area contributed by atoms with Crippen LogP contribution in [0.2, 0.25) is 0 Å². The zero-order valence-corrected chi connectivity index (χ0v) is 10.7. The van der Waals surface area contributed by atoms with E-state index in [0.717, 1.165) is 15.2 Å². The first-order valence-corrected chi connectivity index (χ1v) is 6.34. The minimum atomic E-state index is 0.256. The van der Waals surface area contributed by atoms with E-state index in [1.165, 1.54) is 0 Å². The fourth-order valence-corrected chi connectivity index (χ4v) is 2.22. The Bertz CT molecular complexity index is 411. The predicted molar refractivity (Wildman–Crippen MR) is 68.3 cm³/mol. The maximum absolute atomic E-state index is 4.28. The van der Waals surface area contributed by atoms with Gasteiger partial charge < -0.3 is 5.32 Å². The van der Waals surface area contributed by atoms with Crippen molar-refractivity contribution in [2.75, 3.05) is 5.32 Å². The third-order valence-electron chi connectivity index (χ3n) is 2.05. The van der Waals surface area contributed by atoms with E-state index in [1.807, 2.05) is 35.8 Å². The number of benzene rings is 1. The quantitative estimate of drug-likeness (QED) is 0.918. The highest BCUT2D eigenvalue weighted by atomic mass is 79.9. The molecule has 0 spiro atoms. The van der Waals surface area contributed by atoms with Gasteiger partial charge in [0.1, 0.15) is 5.01 Å². The number of halogens is 1. The van der Waals surface area contributed by atoms with Crippen LogP contribution in [0.1, 0.15) is 18.0 Å². The van der Waals surface area contributed by atoms with Crippen molar-refractivity contribution in [1.82, 2.24) is 4.98 Å². The molecule has 78 valence electrons. The van der Waals surface area contributed by atoms with Crippen molar-refractivity contribution in [3.05, 3.63) is 45.3 Å². The summed E-state index contributed by atoms with van der Waals surface area (Å²) in [6.45, 7) is 2.11.